The van der Waals surface area contributed by atoms with Crippen molar-refractivity contribution in [2.24, 2.45) is 0 Å². The average Bonchev–Trinajstić information content (AvgIpc) is 1.82. The summed E-state index contributed by atoms with van der Waals surface area (Å²) < 4.78 is 0. The van der Waals surface area contributed by atoms with E-state index < -0.39 is 6.10 Å². The molecule has 0 aromatic heterocycles. The predicted octanol–water partition coefficient (Wildman–Crippen LogP) is 0.0595. The van der Waals surface area contributed by atoms with Crippen molar-refractivity contribution >= 4 is 5.91 Å². The molecule has 0 aromatic rings. The second-order valence-electron chi connectivity index (χ2n) is 2.34. The molecule has 0 heterocycles. The van der Waals surface area contributed by atoms with Crippen LogP contribution in [-0.4, -0.2) is 23.7 Å². The highest BCUT2D eigenvalue weighted by Crippen LogP contribution is 1.85. The number of hydrogen-bond acceptors (Lipinski definition) is 2. The first-order valence-electron chi connectivity index (χ1n) is 3.16. The molecular formula is C7H13NO2. The van der Waals surface area contributed by atoms with Crippen molar-refractivity contribution in [2.45, 2.75) is 20.0 Å². The van der Waals surface area contributed by atoms with Crippen molar-refractivity contribution in [3.8, 4) is 0 Å². The van der Waals surface area contributed by atoms with Gasteiger partial charge >= 0.3 is 0 Å². The van der Waals surface area contributed by atoms with Crippen molar-refractivity contribution in [1.82, 2.24) is 5.32 Å². The molecule has 0 aliphatic heterocycles. The van der Waals surface area contributed by atoms with E-state index in [0.29, 0.717) is 5.57 Å². The lowest BCUT2D eigenvalue weighted by Gasteiger charge is -2.05. The SMILES string of the molecule is C=C(C)C(=O)NC[C@H](C)O. The molecule has 0 aliphatic rings. The molecule has 0 unspecified atom stereocenters. The summed E-state index contributed by atoms with van der Waals surface area (Å²) in [4.78, 5) is 10.7. The Morgan fingerprint density at radius 1 is 1.80 bits per heavy atom. The first-order chi connectivity index (χ1) is 4.54. The maximum atomic E-state index is 10.7. The summed E-state index contributed by atoms with van der Waals surface area (Å²) in [5.41, 5.74) is 0.459. The van der Waals surface area contributed by atoms with Crippen LogP contribution in [0, 0.1) is 0 Å². The summed E-state index contributed by atoms with van der Waals surface area (Å²) in [6, 6.07) is 0. The first kappa shape index (κ1) is 9.17. The Bertz CT molecular complexity index is 141. The van der Waals surface area contributed by atoms with Gasteiger partial charge in [0.1, 0.15) is 0 Å². The highest BCUT2D eigenvalue weighted by Gasteiger charge is 2.01. The lowest BCUT2D eigenvalue weighted by molar-refractivity contribution is -0.117. The third kappa shape index (κ3) is 4.09. The Morgan fingerprint density at radius 2 is 2.30 bits per heavy atom. The van der Waals surface area contributed by atoms with Gasteiger partial charge in [-0.25, -0.2) is 0 Å². The van der Waals surface area contributed by atoms with E-state index in [1.54, 1.807) is 13.8 Å². The lowest BCUT2D eigenvalue weighted by atomic mass is 10.3. The Labute approximate surface area is 60.7 Å². The highest BCUT2D eigenvalue weighted by molar-refractivity contribution is 5.92. The van der Waals surface area contributed by atoms with E-state index in [2.05, 4.69) is 11.9 Å². The molecular weight excluding hydrogens is 130 g/mol. The largest absolute Gasteiger partial charge is 0.392 e. The van der Waals surface area contributed by atoms with Gasteiger partial charge < -0.3 is 10.4 Å². The topological polar surface area (TPSA) is 49.3 Å². The molecule has 10 heavy (non-hydrogen) atoms. The molecule has 0 rings (SSSR count). The number of aliphatic hydroxyl groups is 1. The molecule has 3 nitrogen and oxygen atoms in total. The molecule has 1 atom stereocenters. The number of aliphatic hydroxyl groups excluding tert-OH is 1. The molecule has 0 radical (unpaired) electrons. The van der Waals surface area contributed by atoms with Crippen LogP contribution >= 0.6 is 0 Å². The van der Waals surface area contributed by atoms with E-state index in [9.17, 15) is 4.79 Å². The van der Waals surface area contributed by atoms with Gasteiger partial charge in [-0.3, -0.25) is 4.79 Å². The number of carbonyl (C=O) groups excluding carboxylic acids is 1. The average molecular weight is 143 g/mol. The predicted molar refractivity (Wildman–Crippen MR) is 39.5 cm³/mol. The van der Waals surface area contributed by atoms with E-state index in [1.807, 2.05) is 0 Å². The summed E-state index contributed by atoms with van der Waals surface area (Å²) in [6.07, 6.45) is -0.497. The summed E-state index contributed by atoms with van der Waals surface area (Å²) in [5.74, 6) is -0.207. The van der Waals surface area contributed by atoms with E-state index >= 15 is 0 Å². The van der Waals surface area contributed by atoms with Gasteiger partial charge in [-0.05, 0) is 13.8 Å². The maximum Gasteiger partial charge on any atom is 0.246 e. The second-order valence-corrected chi connectivity index (χ2v) is 2.34. The molecule has 2 N–H and O–H groups in total. The smallest absolute Gasteiger partial charge is 0.246 e. The first-order valence-corrected chi connectivity index (χ1v) is 3.16. The van der Waals surface area contributed by atoms with Crippen LogP contribution in [0.2, 0.25) is 0 Å². The summed E-state index contributed by atoms with van der Waals surface area (Å²) in [5, 5.41) is 11.2. The molecule has 3 heteroatoms. The number of nitrogens with one attached hydrogen (secondary N) is 1. The van der Waals surface area contributed by atoms with E-state index in [4.69, 9.17) is 5.11 Å². The molecule has 0 aromatic carbocycles. The van der Waals surface area contributed by atoms with Gasteiger partial charge in [-0.2, -0.15) is 0 Å². The van der Waals surface area contributed by atoms with E-state index in [-0.39, 0.29) is 12.5 Å². The summed E-state index contributed by atoms with van der Waals surface area (Å²) in [7, 11) is 0. The molecule has 0 saturated carbocycles. The minimum absolute atomic E-state index is 0.207. The van der Waals surface area contributed by atoms with Crippen molar-refractivity contribution in [3.05, 3.63) is 12.2 Å². The lowest BCUT2D eigenvalue weighted by Crippen LogP contribution is -2.30. The summed E-state index contributed by atoms with van der Waals surface area (Å²) >= 11 is 0. The van der Waals surface area contributed by atoms with Crippen LogP contribution in [0.15, 0.2) is 12.2 Å². The standard InChI is InChI=1S/C7H13NO2/c1-5(2)7(10)8-4-6(3)9/h6,9H,1,4H2,2-3H3,(H,8,10)/t6-/m0/s1. The zero-order chi connectivity index (χ0) is 8.15. The van der Waals surface area contributed by atoms with E-state index in [1.165, 1.54) is 0 Å². The van der Waals surface area contributed by atoms with Crippen LogP contribution in [0.3, 0.4) is 0 Å². The zero-order valence-electron chi connectivity index (χ0n) is 6.35. The van der Waals surface area contributed by atoms with Gasteiger partial charge in [0.25, 0.3) is 0 Å². The minimum Gasteiger partial charge on any atom is -0.392 e. The van der Waals surface area contributed by atoms with Crippen molar-refractivity contribution < 1.29 is 9.90 Å². The van der Waals surface area contributed by atoms with Crippen LogP contribution in [0.1, 0.15) is 13.8 Å². The fourth-order valence-corrected chi connectivity index (χ4v) is 0.391. The van der Waals surface area contributed by atoms with Crippen LogP contribution < -0.4 is 5.32 Å². The van der Waals surface area contributed by atoms with Crippen LogP contribution in [-0.2, 0) is 4.79 Å². The maximum absolute atomic E-state index is 10.7. The van der Waals surface area contributed by atoms with Gasteiger partial charge in [0.05, 0.1) is 6.10 Å². The van der Waals surface area contributed by atoms with Crippen LogP contribution in [0.4, 0.5) is 0 Å². The van der Waals surface area contributed by atoms with Crippen molar-refractivity contribution in [2.75, 3.05) is 6.54 Å². The Morgan fingerprint density at radius 3 is 2.60 bits per heavy atom. The molecule has 0 fully saturated rings. The number of carbonyl (C=O) groups is 1. The molecule has 0 aliphatic carbocycles. The Kier molecular flexibility index (Phi) is 3.72. The van der Waals surface area contributed by atoms with E-state index in [0.717, 1.165) is 0 Å². The number of rotatable bonds is 3. The van der Waals surface area contributed by atoms with Crippen LogP contribution in [0.25, 0.3) is 0 Å². The van der Waals surface area contributed by atoms with Gasteiger partial charge in [-0.1, -0.05) is 6.58 Å². The zero-order valence-corrected chi connectivity index (χ0v) is 6.35. The Hall–Kier alpha value is -0.830. The van der Waals surface area contributed by atoms with Crippen LogP contribution in [0.5, 0.6) is 0 Å². The second kappa shape index (κ2) is 4.06. The quantitative estimate of drug-likeness (QED) is 0.549. The molecule has 0 saturated heterocycles. The number of hydrogen-bond donors (Lipinski definition) is 2. The monoisotopic (exact) mass is 143 g/mol. The third-order valence-corrected chi connectivity index (χ3v) is 0.946. The van der Waals surface area contributed by atoms with Gasteiger partial charge in [-0.15, -0.1) is 0 Å². The Balaban J connectivity index is 3.50. The molecule has 58 valence electrons. The molecule has 0 spiro atoms. The fourth-order valence-electron chi connectivity index (χ4n) is 0.391. The third-order valence-electron chi connectivity index (χ3n) is 0.946. The summed E-state index contributed by atoms with van der Waals surface area (Å²) in [6.45, 7) is 6.95. The molecule has 0 bridgehead atoms. The molecule has 1 amide bonds. The van der Waals surface area contributed by atoms with Crippen molar-refractivity contribution in [1.29, 1.82) is 0 Å². The highest BCUT2D eigenvalue weighted by atomic mass is 16.3. The van der Waals surface area contributed by atoms with Gasteiger partial charge in [0, 0.05) is 12.1 Å². The minimum atomic E-state index is -0.497. The normalized spacial score (nSPS) is 12.3. The van der Waals surface area contributed by atoms with Gasteiger partial charge in [0.15, 0.2) is 0 Å². The fraction of sp³-hybridized carbons (Fsp3) is 0.571. The van der Waals surface area contributed by atoms with Crippen molar-refractivity contribution in [3.63, 3.8) is 0 Å². The van der Waals surface area contributed by atoms with Gasteiger partial charge in [0.2, 0.25) is 5.91 Å². The number of amides is 1.